The second kappa shape index (κ2) is 16.6. The minimum absolute atomic E-state index is 1.09. The average molecular weight is 919 g/mol. The highest BCUT2D eigenvalue weighted by atomic mass is 28.3. The van der Waals surface area contributed by atoms with Gasteiger partial charge in [-0.05, 0) is 125 Å². The van der Waals surface area contributed by atoms with Gasteiger partial charge in [-0.1, -0.05) is 224 Å². The van der Waals surface area contributed by atoms with Gasteiger partial charge in [0.25, 0.3) is 0 Å². The number of fused-ring (bicyclic) bond motifs is 9. The van der Waals surface area contributed by atoms with Crippen molar-refractivity contribution in [2.24, 2.45) is 0 Å². The van der Waals surface area contributed by atoms with Crippen LogP contribution in [0.25, 0.3) is 82.4 Å². The molecule has 0 bridgehead atoms. The fourth-order valence-electron chi connectivity index (χ4n) is 11.9. The van der Waals surface area contributed by atoms with Crippen LogP contribution in [0.15, 0.2) is 279 Å². The summed E-state index contributed by atoms with van der Waals surface area (Å²) in [5, 5.41) is 13.2. The summed E-state index contributed by atoms with van der Waals surface area (Å²) in [5.41, 5.74) is 14.4. The van der Waals surface area contributed by atoms with Crippen molar-refractivity contribution in [1.82, 2.24) is 4.57 Å². The molecule has 1 aliphatic heterocycles. The first-order chi connectivity index (χ1) is 35.2. The van der Waals surface area contributed by atoms with E-state index in [-0.39, 0.29) is 0 Å². The van der Waals surface area contributed by atoms with E-state index in [1.165, 1.54) is 97.5 Å². The van der Waals surface area contributed by atoms with E-state index in [1.54, 1.807) is 0 Å². The predicted molar refractivity (Wildman–Crippen MR) is 304 cm³/mol. The number of anilines is 3. The summed E-state index contributed by atoms with van der Waals surface area (Å²) in [4.78, 5) is 2.44. The molecule has 0 amide bonds. The van der Waals surface area contributed by atoms with E-state index in [4.69, 9.17) is 0 Å². The number of para-hydroxylation sites is 2. The van der Waals surface area contributed by atoms with E-state index in [2.05, 4.69) is 289 Å². The zero-order valence-corrected chi connectivity index (χ0v) is 40.0. The molecule has 0 aliphatic carbocycles. The van der Waals surface area contributed by atoms with Crippen molar-refractivity contribution in [2.45, 2.75) is 0 Å². The Labute approximate surface area is 414 Å². The quantitative estimate of drug-likeness (QED) is 0.109. The average Bonchev–Trinajstić information content (AvgIpc) is 3.95. The van der Waals surface area contributed by atoms with E-state index >= 15 is 0 Å². The fourth-order valence-corrected chi connectivity index (χ4v) is 17.1. The Hall–Kier alpha value is -9.02. The van der Waals surface area contributed by atoms with Crippen molar-refractivity contribution in [3.63, 3.8) is 0 Å². The summed E-state index contributed by atoms with van der Waals surface area (Å²) in [6.45, 7) is 0. The third kappa shape index (κ3) is 6.48. The third-order valence-corrected chi connectivity index (χ3v) is 19.9. The maximum absolute atomic E-state index is 2.63. The van der Waals surface area contributed by atoms with Gasteiger partial charge in [0.15, 0.2) is 8.07 Å². The Morgan fingerprint density at radius 1 is 0.296 bits per heavy atom. The lowest BCUT2D eigenvalue weighted by Crippen LogP contribution is -2.72. The maximum atomic E-state index is 2.51. The lowest BCUT2D eigenvalue weighted by molar-refractivity contribution is 1.18. The lowest BCUT2D eigenvalue weighted by atomic mass is 9.98. The Balaban J connectivity index is 0.890. The van der Waals surface area contributed by atoms with Gasteiger partial charge < -0.3 is 9.47 Å². The van der Waals surface area contributed by atoms with Gasteiger partial charge in [0.1, 0.15) is 0 Å². The Kier molecular flexibility index (Phi) is 9.58. The highest BCUT2D eigenvalue weighted by Gasteiger charge is 2.48. The number of aromatic nitrogens is 1. The maximum Gasteiger partial charge on any atom is 0.180 e. The van der Waals surface area contributed by atoms with Gasteiger partial charge in [-0.25, -0.2) is 0 Å². The number of hydrogen-bond donors (Lipinski definition) is 0. The second-order valence-electron chi connectivity index (χ2n) is 18.8. The molecule has 1 aliphatic rings. The largest absolute Gasteiger partial charge is 0.310 e. The van der Waals surface area contributed by atoms with E-state index in [1.807, 2.05) is 0 Å². The molecule has 14 rings (SSSR count). The molecule has 71 heavy (non-hydrogen) atoms. The van der Waals surface area contributed by atoms with E-state index < -0.39 is 8.07 Å². The van der Waals surface area contributed by atoms with Crippen LogP contribution in [0.4, 0.5) is 17.1 Å². The zero-order valence-electron chi connectivity index (χ0n) is 39.0. The molecule has 3 heteroatoms. The molecule has 12 aromatic carbocycles. The molecule has 0 saturated heterocycles. The van der Waals surface area contributed by atoms with Gasteiger partial charge in [-0.2, -0.15) is 0 Å². The van der Waals surface area contributed by atoms with Crippen molar-refractivity contribution < 1.29 is 0 Å². The molecule has 2 nitrogen and oxygen atoms in total. The highest BCUT2D eigenvalue weighted by molar-refractivity contribution is 7.22. The molecule has 1 aromatic heterocycles. The summed E-state index contributed by atoms with van der Waals surface area (Å²) in [5.74, 6) is 0. The first-order valence-electron chi connectivity index (χ1n) is 24.6. The molecule has 0 radical (unpaired) electrons. The van der Waals surface area contributed by atoms with Crippen LogP contribution in [0, 0.1) is 0 Å². The number of benzene rings is 12. The zero-order chi connectivity index (χ0) is 46.9. The van der Waals surface area contributed by atoms with Crippen molar-refractivity contribution in [1.29, 1.82) is 0 Å². The minimum atomic E-state index is -2.63. The van der Waals surface area contributed by atoms with Crippen molar-refractivity contribution in [3.8, 4) is 39.1 Å². The Morgan fingerprint density at radius 2 is 0.789 bits per heavy atom. The molecular weight excluding hydrogens is 873 g/mol. The topological polar surface area (TPSA) is 8.17 Å². The normalized spacial score (nSPS) is 12.6. The van der Waals surface area contributed by atoms with Crippen molar-refractivity contribution >= 4 is 89.2 Å². The van der Waals surface area contributed by atoms with E-state index in [9.17, 15) is 0 Å². The fraction of sp³-hybridized carbons (Fsp3) is 0. The van der Waals surface area contributed by atoms with Gasteiger partial charge in [0.05, 0.1) is 16.7 Å². The Bertz CT molecular complexity index is 4060. The number of nitrogens with zero attached hydrogens (tertiary/aromatic N) is 2. The van der Waals surface area contributed by atoms with Crippen LogP contribution in [-0.2, 0) is 0 Å². The number of hydrogen-bond acceptors (Lipinski definition) is 1. The molecule has 13 aromatic rings. The summed E-state index contributed by atoms with van der Waals surface area (Å²) >= 11 is 0. The summed E-state index contributed by atoms with van der Waals surface area (Å²) < 4.78 is 2.39. The molecular formula is C68H46N2Si. The molecule has 2 heterocycles. The monoisotopic (exact) mass is 918 g/mol. The second-order valence-corrected chi connectivity index (χ2v) is 22.5. The van der Waals surface area contributed by atoms with Gasteiger partial charge in [0.2, 0.25) is 0 Å². The first-order valence-corrected chi connectivity index (χ1v) is 26.6. The van der Waals surface area contributed by atoms with Crippen LogP contribution < -0.4 is 25.6 Å². The number of rotatable bonds is 8. The van der Waals surface area contributed by atoms with Crippen LogP contribution in [0.5, 0.6) is 0 Å². The summed E-state index contributed by atoms with van der Waals surface area (Å²) in [6, 6.07) is 104. The first kappa shape index (κ1) is 41.0. The molecule has 332 valence electrons. The smallest absolute Gasteiger partial charge is 0.180 e. The van der Waals surface area contributed by atoms with Crippen LogP contribution >= 0.6 is 0 Å². The Morgan fingerprint density at radius 3 is 1.44 bits per heavy atom. The van der Waals surface area contributed by atoms with Crippen molar-refractivity contribution in [2.75, 3.05) is 4.90 Å². The third-order valence-electron chi connectivity index (χ3n) is 15.0. The summed E-state index contributed by atoms with van der Waals surface area (Å²) in [7, 11) is -2.63. The van der Waals surface area contributed by atoms with Crippen LogP contribution in [0.3, 0.4) is 0 Å². The van der Waals surface area contributed by atoms with Gasteiger partial charge in [-0.3, -0.25) is 0 Å². The SMILES string of the molecule is c1ccc([Si]2(c3ccccc3)c3ccccc3-c3ccc(-c4ccc(N(c5ccc(-c6cccc(-n7c8ccccc8c8ccccc87)c6)cc5)c5cc6ccccc6c6ccccc56)cc4)cc32)cc1. The molecule has 0 atom stereocenters. The molecule has 0 spiro atoms. The molecule has 0 saturated carbocycles. The molecule has 0 N–H and O–H groups in total. The summed E-state index contributed by atoms with van der Waals surface area (Å²) in [6.07, 6.45) is 0. The van der Waals surface area contributed by atoms with Crippen LogP contribution in [-0.4, -0.2) is 12.6 Å². The molecule has 0 unspecified atom stereocenters. The predicted octanol–water partition coefficient (Wildman–Crippen LogP) is 15.3. The highest BCUT2D eigenvalue weighted by Crippen LogP contribution is 2.43. The molecule has 0 fully saturated rings. The van der Waals surface area contributed by atoms with Gasteiger partial charge >= 0.3 is 0 Å². The van der Waals surface area contributed by atoms with Crippen molar-refractivity contribution in [3.05, 3.63) is 279 Å². The van der Waals surface area contributed by atoms with Crippen LogP contribution in [0.1, 0.15) is 0 Å². The van der Waals surface area contributed by atoms with Gasteiger partial charge in [-0.15, -0.1) is 0 Å². The van der Waals surface area contributed by atoms with Crippen LogP contribution in [0.2, 0.25) is 0 Å². The lowest BCUT2D eigenvalue weighted by Gasteiger charge is -2.31. The minimum Gasteiger partial charge on any atom is -0.310 e. The van der Waals surface area contributed by atoms with E-state index in [0.29, 0.717) is 0 Å². The van der Waals surface area contributed by atoms with E-state index in [0.717, 1.165) is 22.7 Å². The van der Waals surface area contributed by atoms with Gasteiger partial charge in [0, 0.05) is 33.2 Å². The standard InChI is InChI=1S/C68H46N2Si/c1-3-21-55(22-4-1)71(56-23-5-2-6-24-56)67-33-16-13-30-62(67)63-43-38-50(46-68(63)71)48-36-41-53(42-37-48)69(66-45-51-18-7-8-25-57(51)58-26-9-10-27-59(58)66)52-39-34-47(35-40-52)49-19-17-20-54(44-49)70-64-31-14-11-28-60(64)61-29-12-15-32-65(61)70/h1-46H.